The van der Waals surface area contributed by atoms with Crippen LogP contribution >= 0.6 is 0 Å². The minimum Gasteiger partial charge on any atom is -0.406 e. The number of H-pyrrole nitrogens is 1. The van der Waals surface area contributed by atoms with Gasteiger partial charge < -0.3 is 19.9 Å². The molecule has 3 heterocycles. The van der Waals surface area contributed by atoms with Gasteiger partial charge in [0.05, 0.1) is 5.69 Å². The predicted molar refractivity (Wildman–Crippen MR) is 135 cm³/mol. The van der Waals surface area contributed by atoms with E-state index in [-0.39, 0.29) is 5.75 Å². The first-order valence-electron chi connectivity index (χ1n) is 12.8. The quantitative estimate of drug-likeness (QED) is 0.391. The second-order valence-corrected chi connectivity index (χ2v) is 10.2. The van der Waals surface area contributed by atoms with Gasteiger partial charge in [-0.2, -0.15) is 0 Å². The summed E-state index contributed by atoms with van der Waals surface area (Å²) in [6, 6.07) is 12.2. The first-order valence-corrected chi connectivity index (χ1v) is 12.8. The van der Waals surface area contributed by atoms with Crippen LogP contribution in [0.5, 0.6) is 5.75 Å². The van der Waals surface area contributed by atoms with Gasteiger partial charge in [-0.15, -0.1) is 13.2 Å². The molecule has 0 saturated carbocycles. The van der Waals surface area contributed by atoms with Crippen LogP contribution in [0.1, 0.15) is 45.4 Å². The second-order valence-electron chi connectivity index (χ2n) is 10.2. The molecule has 2 aliphatic heterocycles. The van der Waals surface area contributed by atoms with Gasteiger partial charge >= 0.3 is 6.36 Å². The van der Waals surface area contributed by atoms with Gasteiger partial charge in [0.2, 0.25) is 0 Å². The van der Waals surface area contributed by atoms with E-state index in [2.05, 4.69) is 39.1 Å². The Bertz CT molecular complexity index is 1150. The standard InChI is InChI=1S/C28H34F3N3O/c1-2-3-6-22-18-32-13-10-27(22)11-14-34(15-12-27)26-19-33-25-17-21(8-9-24(25)26)20-5-4-7-23(16-20)35-28(29,30)31/h4-5,7-9,16-17,19,22,32-33H,2-3,6,10-15,18H2,1H3. The fraction of sp³-hybridized carbons (Fsp3) is 0.500. The highest BCUT2D eigenvalue weighted by molar-refractivity contribution is 5.95. The number of hydrogen-bond donors (Lipinski definition) is 2. The van der Waals surface area contributed by atoms with E-state index in [1.54, 1.807) is 12.1 Å². The predicted octanol–water partition coefficient (Wildman–Crippen LogP) is 7.12. The van der Waals surface area contributed by atoms with Crippen LogP contribution < -0.4 is 15.0 Å². The van der Waals surface area contributed by atoms with Crippen molar-refractivity contribution in [3.63, 3.8) is 0 Å². The minimum absolute atomic E-state index is 0.209. The molecular weight excluding hydrogens is 451 g/mol. The summed E-state index contributed by atoms with van der Waals surface area (Å²) in [6.07, 6.45) is 5.03. The minimum atomic E-state index is -4.70. The van der Waals surface area contributed by atoms with Crippen LogP contribution in [0, 0.1) is 11.3 Å². The van der Waals surface area contributed by atoms with Crippen LogP contribution in [-0.2, 0) is 0 Å². The monoisotopic (exact) mass is 485 g/mol. The highest BCUT2D eigenvalue weighted by Gasteiger charge is 2.42. The number of halogens is 3. The maximum absolute atomic E-state index is 12.6. The van der Waals surface area contributed by atoms with Crippen molar-refractivity contribution in [3.05, 3.63) is 48.7 Å². The van der Waals surface area contributed by atoms with Gasteiger partial charge in [-0.05, 0) is 79.4 Å². The Morgan fingerprint density at radius 1 is 1.06 bits per heavy atom. The average molecular weight is 486 g/mol. The normalized spacial score (nSPS) is 20.5. The smallest absolute Gasteiger partial charge is 0.406 e. The molecule has 2 saturated heterocycles. The van der Waals surface area contributed by atoms with E-state index in [9.17, 15) is 13.2 Å². The van der Waals surface area contributed by atoms with Crippen molar-refractivity contribution >= 4 is 16.6 Å². The third kappa shape index (κ3) is 5.15. The van der Waals surface area contributed by atoms with E-state index >= 15 is 0 Å². The van der Waals surface area contributed by atoms with E-state index in [1.165, 1.54) is 56.3 Å². The van der Waals surface area contributed by atoms with Gasteiger partial charge in [0, 0.05) is 30.2 Å². The van der Waals surface area contributed by atoms with Gasteiger partial charge in [0.15, 0.2) is 0 Å². The summed E-state index contributed by atoms with van der Waals surface area (Å²) in [6.45, 7) is 6.70. The molecule has 4 nitrogen and oxygen atoms in total. The van der Waals surface area contributed by atoms with Crippen LogP contribution in [0.4, 0.5) is 18.9 Å². The molecule has 5 rings (SSSR count). The van der Waals surface area contributed by atoms with Crippen molar-refractivity contribution in [1.82, 2.24) is 10.3 Å². The molecule has 2 aliphatic rings. The summed E-state index contributed by atoms with van der Waals surface area (Å²) < 4.78 is 42.0. The number of alkyl halides is 3. The van der Waals surface area contributed by atoms with Crippen LogP contribution in [-0.4, -0.2) is 37.5 Å². The number of aromatic nitrogens is 1. The molecule has 2 N–H and O–H groups in total. The Morgan fingerprint density at radius 3 is 2.63 bits per heavy atom. The summed E-state index contributed by atoms with van der Waals surface area (Å²) in [5.74, 6) is 0.570. The molecule has 3 aromatic rings. The van der Waals surface area contributed by atoms with Crippen molar-refractivity contribution in [2.24, 2.45) is 11.3 Å². The summed E-state index contributed by atoms with van der Waals surface area (Å²) in [7, 11) is 0. The Labute approximate surface area is 204 Å². The number of benzene rings is 2. The number of unbranched alkanes of at least 4 members (excludes halogenated alkanes) is 1. The lowest BCUT2D eigenvalue weighted by Crippen LogP contribution is -2.51. The molecule has 0 radical (unpaired) electrons. The average Bonchev–Trinajstić information content (AvgIpc) is 3.26. The number of fused-ring (bicyclic) bond motifs is 1. The van der Waals surface area contributed by atoms with Crippen molar-refractivity contribution in [2.75, 3.05) is 31.1 Å². The summed E-state index contributed by atoms with van der Waals surface area (Å²) >= 11 is 0. The van der Waals surface area contributed by atoms with Gasteiger partial charge in [0.25, 0.3) is 0 Å². The lowest BCUT2D eigenvalue weighted by atomic mass is 9.63. The Balaban J connectivity index is 1.32. The molecule has 1 unspecified atom stereocenters. The van der Waals surface area contributed by atoms with Crippen molar-refractivity contribution in [3.8, 4) is 16.9 Å². The summed E-state index contributed by atoms with van der Waals surface area (Å²) in [5, 5.41) is 4.78. The van der Waals surface area contributed by atoms with E-state index in [0.29, 0.717) is 11.0 Å². The van der Waals surface area contributed by atoms with Crippen LogP contribution in [0.25, 0.3) is 22.0 Å². The van der Waals surface area contributed by atoms with Gasteiger partial charge in [-0.1, -0.05) is 44.0 Å². The molecule has 1 spiro atoms. The molecule has 1 atom stereocenters. The molecule has 1 aromatic heterocycles. The van der Waals surface area contributed by atoms with E-state index in [4.69, 9.17) is 0 Å². The molecular formula is C28H34F3N3O. The van der Waals surface area contributed by atoms with Crippen LogP contribution in [0.3, 0.4) is 0 Å². The molecule has 0 amide bonds. The van der Waals surface area contributed by atoms with Crippen LogP contribution in [0.2, 0.25) is 0 Å². The molecule has 2 aromatic carbocycles. The van der Waals surface area contributed by atoms with Crippen LogP contribution in [0.15, 0.2) is 48.7 Å². The molecule has 35 heavy (non-hydrogen) atoms. The highest BCUT2D eigenvalue weighted by Crippen LogP contribution is 2.47. The Kier molecular flexibility index (Phi) is 6.71. The van der Waals surface area contributed by atoms with Crippen molar-refractivity contribution in [1.29, 1.82) is 0 Å². The number of nitrogens with one attached hydrogen (secondary N) is 2. The molecule has 2 fully saturated rings. The summed E-state index contributed by atoms with van der Waals surface area (Å²) in [4.78, 5) is 5.89. The van der Waals surface area contributed by atoms with Crippen molar-refractivity contribution < 1.29 is 17.9 Å². The number of nitrogens with zero attached hydrogens (tertiary/aromatic N) is 1. The van der Waals surface area contributed by atoms with Gasteiger partial charge in [-0.3, -0.25) is 0 Å². The largest absolute Gasteiger partial charge is 0.573 e. The van der Waals surface area contributed by atoms with Gasteiger partial charge in [-0.25, -0.2) is 0 Å². The third-order valence-electron chi connectivity index (χ3n) is 8.12. The maximum Gasteiger partial charge on any atom is 0.573 e. The van der Waals surface area contributed by atoms with Gasteiger partial charge in [0.1, 0.15) is 5.75 Å². The fourth-order valence-corrected chi connectivity index (χ4v) is 6.17. The summed E-state index contributed by atoms with van der Waals surface area (Å²) in [5.41, 5.74) is 4.22. The number of aromatic amines is 1. The zero-order chi connectivity index (χ0) is 24.5. The number of hydrogen-bond acceptors (Lipinski definition) is 3. The lowest BCUT2D eigenvalue weighted by molar-refractivity contribution is -0.274. The van der Waals surface area contributed by atoms with E-state index < -0.39 is 6.36 Å². The Hall–Kier alpha value is -2.67. The highest BCUT2D eigenvalue weighted by atomic mass is 19.4. The van der Waals surface area contributed by atoms with E-state index in [1.807, 2.05) is 12.1 Å². The SMILES string of the molecule is CCCCC1CNCCC12CCN(c1c[nH]c3cc(-c4cccc(OC(F)(F)F)c4)ccc13)CC2. The number of rotatable bonds is 6. The maximum atomic E-state index is 12.6. The first-order chi connectivity index (χ1) is 16.9. The second kappa shape index (κ2) is 9.76. The topological polar surface area (TPSA) is 40.3 Å². The first kappa shape index (κ1) is 24.0. The third-order valence-corrected chi connectivity index (χ3v) is 8.12. The zero-order valence-corrected chi connectivity index (χ0v) is 20.3. The zero-order valence-electron chi connectivity index (χ0n) is 20.3. The Morgan fingerprint density at radius 2 is 1.86 bits per heavy atom. The molecule has 7 heteroatoms. The molecule has 188 valence electrons. The number of ether oxygens (including phenoxy) is 1. The lowest BCUT2D eigenvalue weighted by Gasteiger charge is -2.50. The number of piperidine rings is 2. The van der Waals surface area contributed by atoms with Crippen molar-refractivity contribution in [2.45, 2.75) is 51.8 Å². The fourth-order valence-electron chi connectivity index (χ4n) is 6.17. The number of anilines is 1. The van der Waals surface area contributed by atoms with E-state index in [0.717, 1.165) is 48.6 Å². The molecule has 0 bridgehead atoms. The molecule has 0 aliphatic carbocycles.